The summed E-state index contributed by atoms with van der Waals surface area (Å²) in [4.78, 5) is 19.6. The molecule has 0 aliphatic carbocycles. The highest BCUT2D eigenvalue weighted by Gasteiger charge is 2.13. The highest BCUT2D eigenvalue weighted by molar-refractivity contribution is 7.99. The second kappa shape index (κ2) is 10.2. The number of aromatic nitrogens is 6. The molecular formula is C20H28N8OS. The first kappa shape index (κ1) is 21.8. The van der Waals surface area contributed by atoms with Gasteiger partial charge in [0.15, 0.2) is 0 Å². The van der Waals surface area contributed by atoms with Crippen molar-refractivity contribution in [2.75, 3.05) is 36.7 Å². The van der Waals surface area contributed by atoms with Gasteiger partial charge in [-0.2, -0.15) is 19.6 Å². The zero-order valence-corrected chi connectivity index (χ0v) is 18.8. The fraction of sp³-hybridized carbons (Fsp3) is 0.450. The van der Waals surface area contributed by atoms with E-state index in [1.807, 2.05) is 43.3 Å². The third-order valence-corrected chi connectivity index (χ3v) is 5.10. The second-order valence-corrected chi connectivity index (χ2v) is 8.15. The standard InChI is InChI=1S/C20H28N8OS/c1-6-15(3)22-17-23-18(27(4)5)25-19(24-17)28-13-21-20(26-28)30-12-11-29-16-9-7-14(2)8-10-16/h7-10,13,15H,6,11-12H2,1-5H3,(H,22,23,24,25)/t15-/m0/s1. The molecule has 0 saturated carbocycles. The van der Waals surface area contributed by atoms with Gasteiger partial charge in [0.2, 0.25) is 17.1 Å². The number of hydrogen-bond acceptors (Lipinski definition) is 9. The van der Waals surface area contributed by atoms with Crippen LogP contribution < -0.4 is 15.0 Å². The predicted octanol–water partition coefficient (Wildman–Crippen LogP) is 3.21. The van der Waals surface area contributed by atoms with Crippen molar-refractivity contribution >= 4 is 23.7 Å². The van der Waals surface area contributed by atoms with E-state index in [9.17, 15) is 0 Å². The predicted molar refractivity (Wildman–Crippen MR) is 120 cm³/mol. The van der Waals surface area contributed by atoms with Gasteiger partial charge in [0.25, 0.3) is 5.95 Å². The van der Waals surface area contributed by atoms with Gasteiger partial charge >= 0.3 is 0 Å². The summed E-state index contributed by atoms with van der Waals surface area (Å²) in [5.74, 6) is 3.10. The normalized spacial score (nSPS) is 11.9. The van der Waals surface area contributed by atoms with Gasteiger partial charge in [0.05, 0.1) is 6.61 Å². The lowest BCUT2D eigenvalue weighted by molar-refractivity contribution is 0.344. The van der Waals surface area contributed by atoms with Crippen LogP contribution in [0.3, 0.4) is 0 Å². The lowest BCUT2D eigenvalue weighted by Crippen LogP contribution is -2.21. The van der Waals surface area contributed by atoms with Crippen LogP contribution in [0.15, 0.2) is 35.7 Å². The molecule has 0 spiro atoms. The van der Waals surface area contributed by atoms with Crippen LogP contribution in [-0.4, -0.2) is 62.2 Å². The van der Waals surface area contributed by atoms with Crippen molar-refractivity contribution in [3.8, 4) is 11.7 Å². The van der Waals surface area contributed by atoms with E-state index in [4.69, 9.17) is 4.74 Å². The largest absolute Gasteiger partial charge is 0.493 e. The Morgan fingerprint density at radius 2 is 1.93 bits per heavy atom. The molecule has 0 saturated heterocycles. The van der Waals surface area contributed by atoms with Crippen molar-refractivity contribution in [1.29, 1.82) is 0 Å². The Bertz CT molecular complexity index is 944. The third kappa shape index (κ3) is 6.06. The number of rotatable bonds is 10. The summed E-state index contributed by atoms with van der Waals surface area (Å²) in [6.07, 6.45) is 2.58. The van der Waals surface area contributed by atoms with Crippen LogP contribution in [0.1, 0.15) is 25.8 Å². The molecule has 0 aliphatic heterocycles. The van der Waals surface area contributed by atoms with E-state index in [1.165, 1.54) is 17.3 Å². The molecule has 0 bridgehead atoms. The molecule has 10 heteroatoms. The quantitative estimate of drug-likeness (QED) is 0.386. The maximum Gasteiger partial charge on any atom is 0.258 e. The molecular weight excluding hydrogens is 400 g/mol. The maximum atomic E-state index is 5.75. The molecule has 0 aliphatic rings. The van der Waals surface area contributed by atoms with Crippen molar-refractivity contribution in [1.82, 2.24) is 29.7 Å². The minimum atomic E-state index is 0.255. The van der Waals surface area contributed by atoms with Crippen LogP contribution in [0.25, 0.3) is 5.95 Å². The molecule has 0 radical (unpaired) electrons. The molecule has 2 heterocycles. The number of nitrogens with zero attached hydrogens (tertiary/aromatic N) is 7. The fourth-order valence-corrected chi connectivity index (χ4v) is 3.00. The van der Waals surface area contributed by atoms with E-state index in [-0.39, 0.29) is 6.04 Å². The highest BCUT2D eigenvalue weighted by atomic mass is 32.2. The van der Waals surface area contributed by atoms with Crippen LogP contribution in [0, 0.1) is 6.92 Å². The van der Waals surface area contributed by atoms with Gasteiger partial charge in [0, 0.05) is 25.9 Å². The topological polar surface area (TPSA) is 93.9 Å². The Balaban J connectivity index is 1.63. The zero-order chi connectivity index (χ0) is 21.5. The Kier molecular flexibility index (Phi) is 7.45. The summed E-state index contributed by atoms with van der Waals surface area (Å²) < 4.78 is 7.32. The molecule has 9 nitrogen and oxygen atoms in total. The molecule has 160 valence electrons. The third-order valence-electron chi connectivity index (χ3n) is 4.28. The molecule has 0 fully saturated rings. The Morgan fingerprint density at radius 1 is 1.17 bits per heavy atom. The van der Waals surface area contributed by atoms with Crippen LogP contribution in [0.2, 0.25) is 0 Å². The summed E-state index contributed by atoms with van der Waals surface area (Å²) in [5.41, 5.74) is 1.21. The van der Waals surface area contributed by atoms with Crippen LogP contribution in [0.5, 0.6) is 5.75 Å². The monoisotopic (exact) mass is 428 g/mol. The van der Waals surface area contributed by atoms with E-state index in [1.54, 1.807) is 11.0 Å². The Hall–Kier alpha value is -2.88. The highest BCUT2D eigenvalue weighted by Crippen LogP contribution is 2.17. The van der Waals surface area contributed by atoms with E-state index >= 15 is 0 Å². The molecule has 0 amide bonds. The summed E-state index contributed by atoms with van der Waals surface area (Å²) in [5, 5.41) is 8.43. The molecule has 1 aromatic carbocycles. The zero-order valence-electron chi connectivity index (χ0n) is 18.0. The van der Waals surface area contributed by atoms with Crippen molar-refractivity contribution in [2.45, 2.75) is 38.4 Å². The van der Waals surface area contributed by atoms with Gasteiger partial charge in [0.1, 0.15) is 12.1 Å². The first-order valence-corrected chi connectivity index (χ1v) is 10.9. The smallest absolute Gasteiger partial charge is 0.258 e. The summed E-state index contributed by atoms with van der Waals surface area (Å²) in [6, 6.07) is 8.27. The number of aryl methyl sites for hydroxylation is 1. The minimum absolute atomic E-state index is 0.255. The summed E-state index contributed by atoms with van der Waals surface area (Å²) in [6.45, 7) is 6.82. The molecule has 1 atom stereocenters. The van der Waals surface area contributed by atoms with Crippen molar-refractivity contribution < 1.29 is 4.74 Å². The van der Waals surface area contributed by atoms with E-state index in [2.05, 4.69) is 51.1 Å². The van der Waals surface area contributed by atoms with Crippen molar-refractivity contribution in [3.63, 3.8) is 0 Å². The van der Waals surface area contributed by atoms with Gasteiger partial charge in [-0.1, -0.05) is 36.4 Å². The average Bonchev–Trinajstić information content (AvgIpc) is 3.21. The van der Waals surface area contributed by atoms with Crippen LogP contribution >= 0.6 is 11.8 Å². The lowest BCUT2D eigenvalue weighted by atomic mass is 10.2. The van der Waals surface area contributed by atoms with Crippen LogP contribution in [0.4, 0.5) is 11.9 Å². The second-order valence-electron chi connectivity index (χ2n) is 7.09. The van der Waals surface area contributed by atoms with Crippen molar-refractivity contribution in [3.05, 3.63) is 36.2 Å². The van der Waals surface area contributed by atoms with E-state index in [0.717, 1.165) is 17.9 Å². The van der Waals surface area contributed by atoms with Gasteiger partial charge in [-0.15, -0.1) is 5.10 Å². The van der Waals surface area contributed by atoms with E-state index in [0.29, 0.717) is 29.6 Å². The lowest BCUT2D eigenvalue weighted by Gasteiger charge is -2.15. The van der Waals surface area contributed by atoms with Gasteiger partial charge in [-0.05, 0) is 32.4 Å². The van der Waals surface area contributed by atoms with Gasteiger partial charge in [-0.25, -0.2) is 4.98 Å². The molecule has 3 aromatic rings. The van der Waals surface area contributed by atoms with Crippen LogP contribution in [-0.2, 0) is 0 Å². The molecule has 3 rings (SSSR count). The number of benzene rings is 1. The molecule has 30 heavy (non-hydrogen) atoms. The first-order valence-electron chi connectivity index (χ1n) is 9.89. The summed E-state index contributed by atoms with van der Waals surface area (Å²) in [7, 11) is 3.78. The molecule has 1 N–H and O–H groups in total. The Labute approximate surface area is 181 Å². The number of ether oxygens (including phenoxy) is 1. The van der Waals surface area contributed by atoms with E-state index < -0.39 is 0 Å². The van der Waals surface area contributed by atoms with Gasteiger partial charge < -0.3 is 15.0 Å². The Morgan fingerprint density at radius 3 is 2.63 bits per heavy atom. The number of hydrogen-bond donors (Lipinski definition) is 1. The number of thioether (sulfide) groups is 1. The minimum Gasteiger partial charge on any atom is -0.493 e. The fourth-order valence-electron chi connectivity index (χ4n) is 2.38. The van der Waals surface area contributed by atoms with Gasteiger partial charge in [-0.3, -0.25) is 0 Å². The first-order chi connectivity index (χ1) is 14.4. The number of anilines is 2. The number of nitrogens with one attached hydrogen (secondary N) is 1. The molecule has 2 aromatic heterocycles. The van der Waals surface area contributed by atoms with Crippen molar-refractivity contribution in [2.24, 2.45) is 0 Å². The molecule has 0 unspecified atom stereocenters. The SMILES string of the molecule is CC[C@H](C)Nc1nc(N(C)C)nc(-n2cnc(SCCOc3ccc(C)cc3)n2)n1. The maximum absolute atomic E-state index is 5.75. The average molecular weight is 429 g/mol. The summed E-state index contributed by atoms with van der Waals surface area (Å²) >= 11 is 1.52.